The smallest absolute Gasteiger partial charge is 0.393 e. The van der Waals surface area contributed by atoms with Gasteiger partial charge in [-0.15, -0.1) is 0 Å². The number of rotatable bonds is 4. The third-order valence-electron chi connectivity index (χ3n) is 5.09. The van der Waals surface area contributed by atoms with Crippen molar-refractivity contribution in [3.8, 4) is 0 Å². The third kappa shape index (κ3) is 4.77. The van der Waals surface area contributed by atoms with Crippen molar-refractivity contribution < 1.29 is 13.2 Å². The first-order valence-corrected chi connectivity index (χ1v) is 9.99. The summed E-state index contributed by atoms with van der Waals surface area (Å²) in [6.45, 7) is 2.94. The molecule has 3 aromatic rings. The first-order chi connectivity index (χ1) is 14.8. The van der Waals surface area contributed by atoms with E-state index in [-0.39, 0.29) is 0 Å². The summed E-state index contributed by atoms with van der Waals surface area (Å²) in [4.78, 5) is 12.8. The lowest BCUT2D eigenvalue weighted by molar-refractivity contribution is -0.137. The number of nitrogen functional groups attached to an aromatic ring is 1. The van der Waals surface area contributed by atoms with Crippen molar-refractivity contribution in [1.29, 1.82) is 0 Å². The lowest BCUT2D eigenvalue weighted by Gasteiger charge is -2.37. The van der Waals surface area contributed by atoms with E-state index in [2.05, 4.69) is 25.1 Å². The molecule has 0 atom stereocenters. The molecule has 4 rings (SSSR count). The molecular formula is C21H20ClF3N6. The van der Waals surface area contributed by atoms with E-state index in [1.807, 2.05) is 24.3 Å². The molecule has 1 aliphatic heterocycles. The monoisotopic (exact) mass is 448 g/mol. The number of piperazine rings is 1. The average molecular weight is 449 g/mol. The van der Waals surface area contributed by atoms with Gasteiger partial charge in [-0.3, -0.25) is 0 Å². The van der Waals surface area contributed by atoms with E-state index in [1.54, 1.807) is 0 Å². The Bertz CT molecular complexity index is 1050. The van der Waals surface area contributed by atoms with E-state index >= 15 is 0 Å². The van der Waals surface area contributed by atoms with Gasteiger partial charge in [-0.2, -0.15) is 13.2 Å². The van der Waals surface area contributed by atoms with Gasteiger partial charge in [0, 0.05) is 42.6 Å². The fraction of sp³-hybridized carbons (Fsp3) is 0.238. The standard InChI is InChI=1S/C21H20ClF3N6/c22-15-2-1-3-17(12-15)30-8-10-31(11-9-30)20-18(26)19(27-13-28-20)29-16-6-4-14(5-7-16)21(23,24)25/h1-7,12-13H,8-11,26H2,(H,27,28,29). The molecule has 1 saturated heterocycles. The van der Waals surface area contributed by atoms with Crippen LogP contribution < -0.4 is 20.9 Å². The summed E-state index contributed by atoms with van der Waals surface area (Å²) < 4.78 is 38.2. The van der Waals surface area contributed by atoms with Crippen LogP contribution in [0.4, 0.5) is 41.9 Å². The summed E-state index contributed by atoms with van der Waals surface area (Å²) in [6.07, 6.45) is -2.99. The Morgan fingerprint density at radius 3 is 2.26 bits per heavy atom. The summed E-state index contributed by atoms with van der Waals surface area (Å²) in [7, 11) is 0. The summed E-state index contributed by atoms with van der Waals surface area (Å²) in [6, 6.07) is 12.4. The molecular weight excluding hydrogens is 429 g/mol. The Labute approximate surface area is 182 Å². The minimum Gasteiger partial charge on any atom is -0.393 e. The van der Waals surface area contributed by atoms with Crippen molar-refractivity contribution in [3.05, 3.63) is 65.4 Å². The normalized spacial score (nSPS) is 14.6. The molecule has 0 unspecified atom stereocenters. The summed E-state index contributed by atoms with van der Waals surface area (Å²) >= 11 is 6.09. The molecule has 0 spiro atoms. The molecule has 6 nitrogen and oxygen atoms in total. The van der Waals surface area contributed by atoms with Crippen molar-refractivity contribution in [2.24, 2.45) is 0 Å². The first kappa shape index (κ1) is 21.0. The number of nitrogens with zero attached hydrogens (tertiary/aromatic N) is 4. The number of benzene rings is 2. The van der Waals surface area contributed by atoms with E-state index in [4.69, 9.17) is 17.3 Å². The molecule has 0 saturated carbocycles. The predicted molar refractivity (Wildman–Crippen MR) is 117 cm³/mol. The molecule has 1 aromatic heterocycles. The Hall–Kier alpha value is -3.20. The highest BCUT2D eigenvalue weighted by Gasteiger charge is 2.30. The van der Waals surface area contributed by atoms with E-state index < -0.39 is 11.7 Å². The SMILES string of the molecule is Nc1c(Nc2ccc(C(F)(F)F)cc2)ncnc1N1CCN(c2cccc(Cl)c2)CC1. The van der Waals surface area contributed by atoms with Crippen LogP contribution in [0, 0.1) is 0 Å². The van der Waals surface area contributed by atoms with Gasteiger partial charge in [-0.25, -0.2) is 9.97 Å². The molecule has 0 radical (unpaired) electrons. The van der Waals surface area contributed by atoms with Crippen LogP contribution in [0.3, 0.4) is 0 Å². The molecule has 1 fully saturated rings. The second-order valence-electron chi connectivity index (χ2n) is 7.11. The summed E-state index contributed by atoms with van der Waals surface area (Å²) in [5.41, 5.74) is 7.43. The topological polar surface area (TPSA) is 70.3 Å². The molecule has 0 amide bonds. The van der Waals surface area contributed by atoms with E-state index in [9.17, 15) is 13.2 Å². The highest BCUT2D eigenvalue weighted by Crippen LogP contribution is 2.32. The van der Waals surface area contributed by atoms with Gasteiger partial charge >= 0.3 is 6.18 Å². The molecule has 10 heteroatoms. The van der Waals surface area contributed by atoms with Gasteiger partial charge in [0.15, 0.2) is 11.6 Å². The lowest BCUT2D eigenvalue weighted by atomic mass is 10.2. The van der Waals surface area contributed by atoms with Crippen LogP contribution in [0.5, 0.6) is 0 Å². The predicted octanol–water partition coefficient (Wildman–Crippen LogP) is 4.80. The van der Waals surface area contributed by atoms with Gasteiger partial charge in [0.2, 0.25) is 0 Å². The minimum absolute atomic E-state index is 0.346. The van der Waals surface area contributed by atoms with Crippen LogP contribution in [-0.4, -0.2) is 36.1 Å². The van der Waals surface area contributed by atoms with Gasteiger partial charge in [-0.1, -0.05) is 17.7 Å². The van der Waals surface area contributed by atoms with Crippen LogP contribution in [0.25, 0.3) is 0 Å². The number of hydrogen-bond acceptors (Lipinski definition) is 6. The van der Waals surface area contributed by atoms with Crippen LogP contribution in [0.15, 0.2) is 54.9 Å². The van der Waals surface area contributed by atoms with Crippen molar-refractivity contribution in [3.63, 3.8) is 0 Å². The number of alkyl halides is 3. The molecule has 0 aliphatic carbocycles. The van der Waals surface area contributed by atoms with Crippen LogP contribution in [-0.2, 0) is 6.18 Å². The minimum atomic E-state index is -4.38. The Balaban J connectivity index is 1.46. The molecule has 31 heavy (non-hydrogen) atoms. The largest absolute Gasteiger partial charge is 0.416 e. The molecule has 162 valence electrons. The number of nitrogens with two attached hydrogens (primary N) is 1. The maximum absolute atomic E-state index is 12.7. The fourth-order valence-electron chi connectivity index (χ4n) is 3.47. The first-order valence-electron chi connectivity index (χ1n) is 9.61. The number of hydrogen-bond donors (Lipinski definition) is 2. The van der Waals surface area contributed by atoms with E-state index in [0.29, 0.717) is 41.1 Å². The van der Waals surface area contributed by atoms with Gasteiger partial charge < -0.3 is 20.9 Å². The van der Waals surface area contributed by atoms with Crippen molar-refractivity contribution in [2.45, 2.75) is 6.18 Å². The summed E-state index contributed by atoms with van der Waals surface area (Å²) in [5, 5.41) is 3.67. The lowest BCUT2D eigenvalue weighted by Crippen LogP contribution is -2.47. The Morgan fingerprint density at radius 1 is 0.935 bits per heavy atom. The quantitative estimate of drug-likeness (QED) is 0.597. The van der Waals surface area contributed by atoms with Crippen LogP contribution in [0.1, 0.15) is 5.56 Å². The zero-order valence-corrected chi connectivity index (χ0v) is 17.2. The second-order valence-corrected chi connectivity index (χ2v) is 7.55. The Morgan fingerprint density at radius 2 is 1.61 bits per heavy atom. The van der Waals surface area contributed by atoms with E-state index in [1.165, 1.54) is 18.5 Å². The average Bonchev–Trinajstić information content (AvgIpc) is 2.75. The van der Waals surface area contributed by atoms with Gasteiger partial charge in [0.05, 0.1) is 5.56 Å². The molecule has 0 bridgehead atoms. The number of anilines is 5. The van der Waals surface area contributed by atoms with Gasteiger partial charge in [0.25, 0.3) is 0 Å². The summed E-state index contributed by atoms with van der Waals surface area (Å²) in [5.74, 6) is 0.942. The maximum Gasteiger partial charge on any atom is 0.416 e. The van der Waals surface area contributed by atoms with Crippen molar-refractivity contribution in [2.75, 3.05) is 47.0 Å². The molecule has 2 aromatic carbocycles. The second kappa shape index (κ2) is 8.50. The maximum atomic E-state index is 12.7. The zero-order chi connectivity index (χ0) is 22.0. The van der Waals surface area contributed by atoms with Gasteiger partial charge in [-0.05, 0) is 42.5 Å². The highest BCUT2D eigenvalue weighted by atomic mass is 35.5. The van der Waals surface area contributed by atoms with Crippen molar-refractivity contribution >= 4 is 40.3 Å². The molecule has 1 aliphatic rings. The number of aromatic nitrogens is 2. The zero-order valence-electron chi connectivity index (χ0n) is 16.4. The fourth-order valence-corrected chi connectivity index (χ4v) is 3.65. The molecule has 3 N–H and O–H groups in total. The Kier molecular flexibility index (Phi) is 5.77. The number of nitrogens with one attached hydrogen (secondary N) is 1. The third-order valence-corrected chi connectivity index (χ3v) is 5.33. The van der Waals surface area contributed by atoms with Crippen molar-refractivity contribution in [1.82, 2.24) is 9.97 Å². The van der Waals surface area contributed by atoms with Gasteiger partial charge in [0.1, 0.15) is 12.0 Å². The highest BCUT2D eigenvalue weighted by molar-refractivity contribution is 6.30. The van der Waals surface area contributed by atoms with E-state index in [0.717, 1.165) is 30.9 Å². The van der Waals surface area contributed by atoms with Crippen LogP contribution in [0.2, 0.25) is 5.02 Å². The molecule has 2 heterocycles. The number of halogens is 4. The van der Waals surface area contributed by atoms with Crippen LogP contribution >= 0.6 is 11.6 Å².